The number of phenols is 1. The summed E-state index contributed by atoms with van der Waals surface area (Å²) in [5.74, 6) is -0.998. The Labute approximate surface area is 223 Å². The lowest BCUT2D eigenvalue weighted by Crippen LogP contribution is -2.57. The first kappa shape index (κ1) is 32.3. The second-order valence-electron chi connectivity index (χ2n) is 11.1. The first-order chi connectivity index (χ1) is 17.2. The van der Waals surface area contributed by atoms with Crippen molar-refractivity contribution in [2.75, 3.05) is 0 Å². The molecule has 8 nitrogen and oxygen atoms in total. The highest BCUT2D eigenvalue weighted by atomic mass is 16.6. The molecule has 0 aliphatic heterocycles. The zero-order valence-electron chi connectivity index (χ0n) is 24.5. The summed E-state index contributed by atoms with van der Waals surface area (Å²) in [5, 5.41) is 16.8. The lowest BCUT2D eigenvalue weighted by Gasteiger charge is -2.40. The van der Waals surface area contributed by atoms with Gasteiger partial charge in [-0.3, -0.25) is 9.59 Å². The molecule has 210 valence electrons. The van der Waals surface area contributed by atoms with Crippen LogP contribution in [0.1, 0.15) is 105 Å². The summed E-state index contributed by atoms with van der Waals surface area (Å²) < 4.78 is 5.45. The van der Waals surface area contributed by atoms with Crippen molar-refractivity contribution in [1.82, 2.24) is 15.5 Å². The highest BCUT2D eigenvalue weighted by molar-refractivity contribution is 5.93. The molecule has 0 saturated heterocycles. The van der Waals surface area contributed by atoms with Crippen LogP contribution in [-0.2, 0) is 14.3 Å². The van der Waals surface area contributed by atoms with E-state index in [9.17, 15) is 19.5 Å². The number of nitrogens with one attached hydrogen (secondary N) is 2. The number of para-hydroxylation sites is 1. The summed E-state index contributed by atoms with van der Waals surface area (Å²) in [6.07, 6.45) is 2.19. The van der Waals surface area contributed by atoms with Crippen LogP contribution in [0.4, 0.5) is 4.79 Å². The van der Waals surface area contributed by atoms with Crippen LogP contribution in [0.15, 0.2) is 18.2 Å². The predicted octanol–water partition coefficient (Wildman–Crippen LogP) is 5.61. The molecule has 8 heteroatoms. The number of carbonyl (C=O) groups excluding carboxylic acids is 3. The van der Waals surface area contributed by atoms with E-state index in [1.54, 1.807) is 45.9 Å². The van der Waals surface area contributed by atoms with Crippen molar-refractivity contribution in [3.05, 3.63) is 29.3 Å². The minimum Gasteiger partial charge on any atom is -0.507 e. The molecule has 1 rings (SSSR count). The molecule has 0 aliphatic carbocycles. The second kappa shape index (κ2) is 14.2. The molecule has 5 unspecified atom stereocenters. The summed E-state index contributed by atoms with van der Waals surface area (Å²) in [4.78, 5) is 42.3. The van der Waals surface area contributed by atoms with E-state index in [0.717, 1.165) is 12.8 Å². The van der Waals surface area contributed by atoms with Crippen LogP contribution in [-0.4, -0.2) is 51.6 Å². The quantitative estimate of drug-likeness (QED) is 0.332. The molecule has 1 aromatic rings. The predicted molar refractivity (Wildman–Crippen MR) is 147 cm³/mol. The minimum absolute atomic E-state index is 0.0212. The van der Waals surface area contributed by atoms with Gasteiger partial charge in [-0.2, -0.15) is 0 Å². The second-order valence-corrected chi connectivity index (χ2v) is 11.1. The van der Waals surface area contributed by atoms with E-state index >= 15 is 0 Å². The number of phenolic OH excluding ortho intramolecular Hbond substituents is 1. The molecule has 0 aromatic heterocycles. The van der Waals surface area contributed by atoms with Crippen LogP contribution >= 0.6 is 0 Å². The van der Waals surface area contributed by atoms with Gasteiger partial charge in [-0.05, 0) is 65.9 Å². The summed E-state index contributed by atoms with van der Waals surface area (Å²) in [5.41, 5.74) is 0.239. The molecule has 0 heterocycles. The van der Waals surface area contributed by atoms with Crippen molar-refractivity contribution < 1.29 is 24.2 Å². The van der Waals surface area contributed by atoms with Crippen molar-refractivity contribution >= 4 is 17.9 Å². The average molecular weight is 520 g/mol. The third-order valence-electron chi connectivity index (χ3n) is 6.67. The smallest absolute Gasteiger partial charge is 0.408 e. The van der Waals surface area contributed by atoms with Gasteiger partial charge in [-0.25, -0.2) is 4.79 Å². The van der Waals surface area contributed by atoms with Crippen molar-refractivity contribution in [2.24, 2.45) is 5.92 Å². The van der Waals surface area contributed by atoms with Crippen molar-refractivity contribution in [3.63, 3.8) is 0 Å². The largest absolute Gasteiger partial charge is 0.507 e. The number of rotatable bonds is 12. The van der Waals surface area contributed by atoms with Crippen LogP contribution in [0.3, 0.4) is 0 Å². The average Bonchev–Trinajstić information content (AvgIpc) is 2.80. The third kappa shape index (κ3) is 9.24. The number of hydrogen-bond donors (Lipinski definition) is 3. The Morgan fingerprint density at radius 1 is 1.03 bits per heavy atom. The molecule has 0 spiro atoms. The van der Waals surface area contributed by atoms with Gasteiger partial charge in [-0.1, -0.05) is 58.7 Å². The van der Waals surface area contributed by atoms with Gasteiger partial charge in [0.25, 0.3) is 0 Å². The molecular weight excluding hydrogens is 470 g/mol. The lowest BCUT2D eigenvalue weighted by atomic mass is 9.93. The van der Waals surface area contributed by atoms with Gasteiger partial charge < -0.3 is 25.4 Å². The lowest BCUT2D eigenvalue weighted by molar-refractivity contribution is -0.146. The molecule has 5 atom stereocenters. The number of hydrogen-bond acceptors (Lipinski definition) is 5. The van der Waals surface area contributed by atoms with E-state index in [4.69, 9.17) is 4.74 Å². The molecule has 37 heavy (non-hydrogen) atoms. The molecule has 0 saturated carbocycles. The number of benzene rings is 1. The Balaban J connectivity index is 3.65. The van der Waals surface area contributed by atoms with Crippen molar-refractivity contribution in [3.8, 4) is 5.75 Å². The normalized spacial score (nSPS) is 15.6. The van der Waals surface area contributed by atoms with E-state index in [-0.39, 0.29) is 29.7 Å². The Kier molecular flexibility index (Phi) is 12.4. The third-order valence-corrected chi connectivity index (χ3v) is 6.67. The molecule has 0 bridgehead atoms. The standard InChI is InChI=1S/C29H49N3O5/c1-11-15-20(6)30-26(34)24(22-17-14-16-19(5)25(22)33)32(21(7)13-3)27(35)23(18(4)12-2)31-28(36)37-29(8,9)10/h14,16-18,20-21,23-24,33H,11-13,15H2,1-10H3,(H,30,34)(H,31,36). The monoisotopic (exact) mass is 519 g/mol. The highest BCUT2D eigenvalue weighted by Gasteiger charge is 2.41. The van der Waals surface area contributed by atoms with Gasteiger partial charge in [0, 0.05) is 17.6 Å². The zero-order chi connectivity index (χ0) is 28.5. The van der Waals surface area contributed by atoms with Gasteiger partial charge in [0.05, 0.1) is 0 Å². The van der Waals surface area contributed by atoms with Gasteiger partial charge >= 0.3 is 6.09 Å². The van der Waals surface area contributed by atoms with Crippen LogP contribution < -0.4 is 10.6 Å². The fraction of sp³-hybridized carbons (Fsp3) is 0.690. The number of amides is 3. The molecule has 0 fully saturated rings. The topological polar surface area (TPSA) is 108 Å². The first-order valence-electron chi connectivity index (χ1n) is 13.6. The Bertz CT molecular complexity index is 911. The summed E-state index contributed by atoms with van der Waals surface area (Å²) in [6.45, 7) is 18.7. The number of aryl methyl sites for hydroxylation is 1. The zero-order valence-corrected chi connectivity index (χ0v) is 24.5. The van der Waals surface area contributed by atoms with E-state index in [0.29, 0.717) is 24.0 Å². The maximum Gasteiger partial charge on any atom is 0.408 e. The molecular formula is C29H49N3O5. The number of nitrogens with zero attached hydrogens (tertiary/aromatic N) is 1. The maximum atomic E-state index is 14.3. The number of alkyl carbamates (subject to hydrolysis) is 1. The Hall–Kier alpha value is -2.77. The van der Waals surface area contributed by atoms with Crippen LogP contribution in [0, 0.1) is 12.8 Å². The van der Waals surface area contributed by atoms with Gasteiger partial charge in [0.15, 0.2) is 0 Å². The summed E-state index contributed by atoms with van der Waals surface area (Å²) in [6, 6.07) is 2.76. The van der Waals surface area contributed by atoms with Crippen molar-refractivity contribution in [1.29, 1.82) is 0 Å². The highest BCUT2D eigenvalue weighted by Crippen LogP contribution is 2.34. The fourth-order valence-electron chi connectivity index (χ4n) is 4.22. The molecule has 3 amide bonds. The Morgan fingerprint density at radius 2 is 1.65 bits per heavy atom. The summed E-state index contributed by atoms with van der Waals surface area (Å²) >= 11 is 0. The van der Waals surface area contributed by atoms with Crippen LogP contribution in [0.25, 0.3) is 0 Å². The van der Waals surface area contributed by atoms with E-state index in [1.807, 2.05) is 41.5 Å². The fourth-order valence-corrected chi connectivity index (χ4v) is 4.22. The Morgan fingerprint density at radius 3 is 2.16 bits per heavy atom. The van der Waals surface area contributed by atoms with E-state index in [2.05, 4.69) is 10.6 Å². The number of ether oxygens (including phenoxy) is 1. The molecule has 0 aliphatic rings. The minimum atomic E-state index is -1.08. The van der Waals surface area contributed by atoms with Gasteiger partial charge in [-0.15, -0.1) is 0 Å². The number of aromatic hydroxyl groups is 1. The maximum absolute atomic E-state index is 14.3. The van der Waals surface area contributed by atoms with Crippen LogP contribution in [0.5, 0.6) is 5.75 Å². The molecule has 3 N–H and O–H groups in total. The van der Waals surface area contributed by atoms with Gasteiger partial charge in [0.2, 0.25) is 11.8 Å². The van der Waals surface area contributed by atoms with Gasteiger partial charge in [0.1, 0.15) is 23.4 Å². The first-order valence-corrected chi connectivity index (χ1v) is 13.6. The van der Waals surface area contributed by atoms with E-state index < -0.39 is 29.7 Å². The van der Waals surface area contributed by atoms with Crippen molar-refractivity contribution in [2.45, 2.75) is 125 Å². The summed E-state index contributed by atoms with van der Waals surface area (Å²) in [7, 11) is 0. The SMILES string of the molecule is CCCC(C)NC(=O)C(c1cccc(C)c1O)N(C(=O)C(NC(=O)OC(C)(C)C)C(C)CC)C(C)CC. The molecule has 1 aromatic carbocycles. The number of carbonyl (C=O) groups is 3. The molecule has 0 radical (unpaired) electrons. The van der Waals surface area contributed by atoms with Crippen LogP contribution in [0.2, 0.25) is 0 Å². The van der Waals surface area contributed by atoms with E-state index in [1.165, 1.54) is 4.90 Å².